The van der Waals surface area contributed by atoms with Crippen molar-refractivity contribution in [3.63, 3.8) is 0 Å². The molecule has 1 aliphatic rings. The molecule has 1 fully saturated rings. The van der Waals surface area contributed by atoms with Gasteiger partial charge < -0.3 is 4.74 Å². The fraction of sp³-hybridized carbons (Fsp3) is 0.500. The third-order valence-electron chi connectivity index (χ3n) is 3.50. The summed E-state index contributed by atoms with van der Waals surface area (Å²) in [6, 6.07) is 6.76. The minimum Gasteiger partial charge on any atom is -0.490 e. The first-order chi connectivity index (χ1) is 10.0. The Morgan fingerprint density at radius 2 is 2.29 bits per heavy atom. The molecule has 1 aromatic carbocycles. The van der Waals surface area contributed by atoms with Crippen molar-refractivity contribution in [2.24, 2.45) is 5.92 Å². The molecule has 0 aliphatic heterocycles. The van der Waals surface area contributed by atoms with Crippen LogP contribution < -0.4 is 10.1 Å². The standard InChI is InChI=1S/C14H16BrN3O3/c1-2-17-14(8-16,10-3-4-10)9-21-13-6-11(15)5-12(7-13)18(19)20/h5-7,10,17H,2-4,9H2,1H3. The molecule has 1 unspecified atom stereocenters. The van der Waals surface area contributed by atoms with Crippen molar-refractivity contribution in [3.05, 3.63) is 32.8 Å². The molecule has 1 atom stereocenters. The molecular formula is C14H16BrN3O3. The molecule has 21 heavy (non-hydrogen) atoms. The van der Waals surface area contributed by atoms with Gasteiger partial charge in [-0.2, -0.15) is 5.26 Å². The number of halogens is 1. The number of hydrogen-bond acceptors (Lipinski definition) is 5. The first-order valence-electron chi connectivity index (χ1n) is 6.75. The van der Waals surface area contributed by atoms with Crippen LogP contribution in [0.3, 0.4) is 0 Å². The molecule has 0 spiro atoms. The number of rotatable bonds is 7. The highest BCUT2D eigenvalue weighted by molar-refractivity contribution is 9.10. The fourth-order valence-electron chi connectivity index (χ4n) is 2.30. The van der Waals surface area contributed by atoms with Gasteiger partial charge >= 0.3 is 0 Å². The van der Waals surface area contributed by atoms with Crippen molar-refractivity contribution in [3.8, 4) is 11.8 Å². The first kappa shape index (κ1) is 15.7. The van der Waals surface area contributed by atoms with E-state index in [1.54, 1.807) is 6.07 Å². The second-order valence-corrected chi connectivity index (χ2v) is 5.99. The zero-order chi connectivity index (χ0) is 15.5. The van der Waals surface area contributed by atoms with Gasteiger partial charge in [0.05, 0.1) is 17.1 Å². The van der Waals surface area contributed by atoms with Crippen LogP contribution in [0.1, 0.15) is 19.8 Å². The van der Waals surface area contributed by atoms with E-state index in [1.807, 2.05) is 6.92 Å². The van der Waals surface area contributed by atoms with Crippen molar-refractivity contribution >= 4 is 21.6 Å². The smallest absolute Gasteiger partial charge is 0.274 e. The number of ether oxygens (including phenoxy) is 1. The normalized spacial score (nSPS) is 16.8. The Kier molecular flexibility index (Phi) is 4.80. The predicted octanol–water partition coefficient (Wildman–Crippen LogP) is 3.02. The van der Waals surface area contributed by atoms with Gasteiger partial charge in [-0.05, 0) is 31.4 Å². The number of benzene rings is 1. The topological polar surface area (TPSA) is 88.2 Å². The van der Waals surface area contributed by atoms with E-state index in [2.05, 4.69) is 27.3 Å². The number of nitrogens with one attached hydrogen (secondary N) is 1. The molecule has 0 heterocycles. The van der Waals surface area contributed by atoms with Gasteiger partial charge in [0, 0.05) is 10.5 Å². The summed E-state index contributed by atoms with van der Waals surface area (Å²) in [5.41, 5.74) is -0.761. The van der Waals surface area contributed by atoms with Gasteiger partial charge in [0.25, 0.3) is 5.69 Å². The quantitative estimate of drug-likeness (QED) is 0.601. The van der Waals surface area contributed by atoms with E-state index >= 15 is 0 Å². The summed E-state index contributed by atoms with van der Waals surface area (Å²) in [4.78, 5) is 10.4. The van der Waals surface area contributed by atoms with Crippen LogP contribution >= 0.6 is 15.9 Å². The van der Waals surface area contributed by atoms with E-state index in [4.69, 9.17) is 4.74 Å². The molecule has 0 bridgehead atoms. The van der Waals surface area contributed by atoms with Gasteiger partial charge in [0.2, 0.25) is 0 Å². The maximum absolute atomic E-state index is 10.8. The minimum absolute atomic E-state index is 0.0446. The summed E-state index contributed by atoms with van der Waals surface area (Å²) in [7, 11) is 0. The zero-order valence-electron chi connectivity index (χ0n) is 11.6. The number of nitrogens with zero attached hydrogens (tertiary/aromatic N) is 2. The molecule has 2 rings (SSSR count). The number of nitro groups is 1. The summed E-state index contributed by atoms with van der Waals surface area (Å²) in [5.74, 6) is 0.666. The summed E-state index contributed by atoms with van der Waals surface area (Å²) in [6.07, 6.45) is 2.01. The lowest BCUT2D eigenvalue weighted by atomic mass is 9.96. The Bertz CT molecular complexity index is 583. The van der Waals surface area contributed by atoms with E-state index in [9.17, 15) is 15.4 Å². The Balaban J connectivity index is 2.14. The van der Waals surface area contributed by atoms with E-state index in [0.717, 1.165) is 12.8 Å². The zero-order valence-corrected chi connectivity index (χ0v) is 13.2. The molecule has 1 aliphatic carbocycles. The van der Waals surface area contributed by atoms with Crippen LogP contribution in [0.25, 0.3) is 0 Å². The van der Waals surface area contributed by atoms with Gasteiger partial charge in [-0.1, -0.05) is 22.9 Å². The van der Waals surface area contributed by atoms with Crippen molar-refractivity contribution < 1.29 is 9.66 Å². The van der Waals surface area contributed by atoms with Crippen LogP contribution in [0.5, 0.6) is 5.75 Å². The Morgan fingerprint density at radius 1 is 1.57 bits per heavy atom. The molecule has 1 N–H and O–H groups in total. The molecule has 1 saturated carbocycles. The molecule has 0 radical (unpaired) electrons. The van der Waals surface area contributed by atoms with E-state index < -0.39 is 10.5 Å². The van der Waals surface area contributed by atoms with Crippen LogP contribution in [0.2, 0.25) is 0 Å². The molecular weight excluding hydrogens is 338 g/mol. The molecule has 7 heteroatoms. The summed E-state index contributed by atoms with van der Waals surface area (Å²) < 4.78 is 6.24. The molecule has 0 saturated heterocycles. The second kappa shape index (κ2) is 6.41. The average molecular weight is 354 g/mol. The van der Waals surface area contributed by atoms with E-state index in [1.165, 1.54) is 12.1 Å². The number of hydrogen-bond donors (Lipinski definition) is 1. The van der Waals surface area contributed by atoms with Gasteiger partial charge in [-0.15, -0.1) is 0 Å². The highest BCUT2D eigenvalue weighted by Gasteiger charge is 2.46. The summed E-state index contributed by atoms with van der Waals surface area (Å²) >= 11 is 3.23. The lowest BCUT2D eigenvalue weighted by Gasteiger charge is -2.27. The maximum Gasteiger partial charge on any atom is 0.274 e. The number of likely N-dealkylation sites (N-methyl/N-ethyl adjacent to an activating group) is 1. The Morgan fingerprint density at radius 3 is 2.81 bits per heavy atom. The summed E-state index contributed by atoms with van der Waals surface area (Å²) in [5, 5.41) is 23.5. The second-order valence-electron chi connectivity index (χ2n) is 5.08. The lowest BCUT2D eigenvalue weighted by Crippen LogP contribution is -2.50. The molecule has 112 valence electrons. The summed E-state index contributed by atoms with van der Waals surface area (Å²) in [6.45, 7) is 2.79. The van der Waals surface area contributed by atoms with E-state index in [-0.39, 0.29) is 18.2 Å². The monoisotopic (exact) mass is 353 g/mol. The average Bonchev–Trinajstić information content (AvgIpc) is 3.28. The van der Waals surface area contributed by atoms with E-state index in [0.29, 0.717) is 16.8 Å². The fourth-order valence-corrected chi connectivity index (χ4v) is 2.76. The maximum atomic E-state index is 10.8. The van der Waals surface area contributed by atoms with Crippen molar-refractivity contribution in [2.45, 2.75) is 25.3 Å². The van der Waals surface area contributed by atoms with Crippen LogP contribution in [0.4, 0.5) is 5.69 Å². The lowest BCUT2D eigenvalue weighted by molar-refractivity contribution is -0.385. The van der Waals surface area contributed by atoms with Crippen molar-refractivity contribution in [2.75, 3.05) is 13.2 Å². The highest BCUT2D eigenvalue weighted by Crippen LogP contribution is 2.40. The van der Waals surface area contributed by atoms with Gasteiger partial charge in [-0.25, -0.2) is 0 Å². The third-order valence-corrected chi connectivity index (χ3v) is 3.96. The van der Waals surface area contributed by atoms with Crippen LogP contribution in [0.15, 0.2) is 22.7 Å². The molecule has 6 nitrogen and oxygen atoms in total. The number of nitro benzene ring substituents is 1. The predicted molar refractivity (Wildman–Crippen MR) is 81.0 cm³/mol. The number of non-ortho nitro benzene ring substituents is 1. The van der Waals surface area contributed by atoms with Crippen LogP contribution in [0, 0.1) is 27.4 Å². The first-order valence-corrected chi connectivity index (χ1v) is 7.54. The number of nitriles is 1. The molecule has 1 aromatic rings. The van der Waals surface area contributed by atoms with Crippen LogP contribution in [-0.4, -0.2) is 23.6 Å². The Hall–Kier alpha value is -1.65. The highest BCUT2D eigenvalue weighted by atomic mass is 79.9. The minimum atomic E-state index is -0.716. The molecule has 0 aromatic heterocycles. The molecule has 0 amide bonds. The van der Waals surface area contributed by atoms with Gasteiger partial charge in [0.15, 0.2) is 0 Å². The van der Waals surface area contributed by atoms with Crippen molar-refractivity contribution in [1.29, 1.82) is 5.26 Å². The Labute approximate surface area is 131 Å². The van der Waals surface area contributed by atoms with Gasteiger partial charge in [0.1, 0.15) is 17.9 Å². The van der Waals surface area contributed by atoms with Crippen molar-refractivity contribution in [1.82, 2.24) is 5.32 Å². The largest absolute Gasteiger partial charge is 0.490 e. The third kappa shape index (κ3) is 3.71. The SMILES string of the molecule is CCNC(C#N)(COc1cc(Br)cc([N+](=O)[O-])c1)C1CC1. The van der Waals surface area contributed by atoms with Crippen LogP contribution in [-0.2, 0) is 0 Å². The van der Waals surface area contributed by atoms with Gasteiger partial charge in [-0.3, -0.25) is 15.4 Å².